The summed E-state index contributed by atoms with van der Waals surface area (Å²) in [6.07, 6.45) is 7.30. The van der Waals surface area contributed by atoms with Crippen molar-refractivity contribution in [1.82, 2.24) is 10.1 Å². The molecular weight excluding hydrogens is 381 g/mol. The molecule has 3 unspecified atom stereocenters. The molecule has 1 saturated carbocycles. The molecule has 3 atom stereocenters. The van der Waals surface area contributed by atoms with Crippen LogP contribution in [0.5, 0.6) is 0 Å². The molecule has 0 amide bonds. The zero-order valence-electron chi connectivity index (χ0n) is 17.6. The van der Waals surface area contributed by atoms with E-state index in [-0.39, 0.29) is 23.7 Å². The number of ketones is 1. The van der Waals surface area contributed by atoms with E-state index in [1.165, 1.54) is 24.3 Å². The number of Topliss-reactive ketones (excluding diaryl/α,β-unsaturated/α-hetero) is 1. The summed E-state index contributed by atoms with van der Waals surface area (Å²) in [5.74, 6) is 0.678. The van der Waals surface area contributed by atoms with Crippen molar-refractivity contribution in [3.05, 3.63) is 29.7 Å². The van der Waals surface area contributed by atoms with Crippen LogP contribution < -0.4 is 0 Å². The van der Waals surface area contributed by atoms with Crippen LogP contribution in [0.4, 0.5) is 4.39 Å². The van der Waals surface area contributed by atoms with Crippen molar-refractivity contribution >= 4 is 22.5 Å². The average molecular weight is 412 g/mol. The second-order valence-corrected chi connectivity index (χ2v) is 9.28. The summed E-state index contributed by atoms with van der Waals surface area (Å²) >= 11 is 0. The molecule has 1 aliphatic carbocycles. The Morgan fingerprint density at radius 1 is 1.20 bits per heavy atom. The molecule has 1 saturated heterocycles. The smallest absolute Gasteiger partial charge is 0.170 e. The number of aromatic nitrogens is 1. The van der Waals surface area contributed by atoms with Gasteiger partial charge in [-0.2, -0.15) is 0 Å². The van der Waals surface area contributed by atoms with Crippen molar-refractivity contribution in [1.29, 1.82) is 0 Å². The number of benzene rings is 1. The Hall–Kier alpha value is -2.08. The minimum atomic E-state index is -0.295. The van der Waals surface area contributed by atoms with Crippen molar-refractivity contribution in [3.8, 4) is 0 Å². The lowest BCUT2D eigenvalue weighted by Crippen LogP contribution is -2.43. The number of carbonyl (C=O) groups excluding carboxylic acids is 1. The number of piperidine rings is 1. The van der Waals surface area contributed by atoms with Crippen LogP contribution in [0.25, 0.3) is 11.0 Å². The number of nitrogens with zero attached hydrogens (tertiary/aromatic N) is 3. The highest BCUT2D eigenvalue weighted by Crippen LogP contribution is 2.35. The normalized spacial score (nSPS) is 28.5. The molecule has 2 aromatic rings. The lowest BCUT2D eigenvalue weighted by atomic mass is 9.74. The molecule has 160 valence electrons. The third-order valence-electron chi connectivity index (χ3n) is 7.43. The van der Waals surface area contributed by atoms with E-state index in [1.807, 2.05) is 0 Å². The van der Waals surface area contributed by atoms with Crippen LogP contribution in [0.1, 0.15) is 63.5 Å². The zero-order valence-corrected chi connectivity index (χ0v) is 17.6. The molecule has 3 aliphatic rings. The molecule has 0 bridgehead atoms. The summed E-state index contributed by atoms with van der Waals surface area (Å²) in [7, 11) is 0. The first-order chi connectivity index (χ1) is 14.6. The maximum Gasteiger partial charge on any atom is 0.170 e. The number of fused-ring (bicyclic) bond motifs is 2. The van der Waals surface area contributed by atoms with Gasteiger partial charge in [-0.15, -0.1) is 0 Å². The van der Waals surface area contributed by atoms with E-state index in [0.717, 1.165) is 69.2 Å². The van der Waals surface area contributed by atoms with Crippen LogP contribution in [-0.4, -0.2) is 47.2 Å². The summed E-state index contributed by atoms with van der Waals surface area (Å²) in [6, 6.07) is 4.78. The highest BCUT2D eigenvalue weighted by molar-refractivity contribution is 6.08. The molecular formula is C24H30FN3O2. The first kappa shape index (κ1) is 19.9. The van der Waals surface area contributed by atoms with Gasteiger partial charge >= 0.3 is 0 Å². The molecule has 1 aromatic carbocycles. The highest BCUT2D eigenvalue weighted by Gasteiger charge is 2.39. The van der Waals surface area contributed by atoms with Gasteiger partial charge in [0.25, 0.3) is 0 Å². The Morgan fingerprint density at radius 3 is 2.87 bits per heavy atom. The fourth-order valence-corrected chi connectivity index (χ4v) is 5.66. The number of aliphatic imine (C=N–C) groups is 1. The van der Waals surface area contributed by atoms with Crippen molar-refractivity contribution in [2.75, 3.05) is 19.6 Å². The van der Waals surface area contributed by atoms with Crippen molar-refractivity contribution < 1.29 is 13.7 Å². The Morgan fingerprint density at radius 2 is 2.03 bits per heavy atom. The molecule has 3 heterocycles. The number of likely N-dealkylation sites (tertiary alicyclic amines) is 1. The second kappa shape index (κ2) is 8.22. The third-order valence-corrected chi connectivity index (χ3v) is 7.43. The Balaban J connectivity index is 1.17. The molecule has 2 aliphatic heterocycles. The van der Waals surface area contributed by atoms with Crippen LogP contribution in [-0.2, 0) is 4.79 Å². The molecule has 5 nitrogen and oxygen atoms in total. The molecule has 0 N–H and O–H groups in total. The van der Waals surface area contributed by atoms with Crippen molar-refractivity contribution in [2.45, 2.75) is 63.8 Å². The van der Waals surface area contributed by atoms with Gasteiger partial charge in [-0.05, 0) is 77.2 Å². The van der Waals surface area contributed by atoms with Gasteiger partial charge in [-0.25, -0.2) is 4.39 Å². The summed E-state index contributed by atoms with van der Waals surface area (Å²) in [5.41, 5.74) is 2.66. The van der Waals surface area contributed by atoms with Gasteiger partial charge in [0.15, 0.2) is 5.58 Å². The molecule has 30 heavy (non-hydrogen) atoms. The number of hydrogen-bond donors (Lipinski definition) is 0. The Bertz CT molecular complexity index is 961. The van der Waals surface area contributed by atoms with E-state index >= 15 is 0 Å². The van der Waals surface area contributed by atoms with E-state index in [9.17, 15) is 9.18 Å². The maximum absolute atomic E-state index is 13.4. The van der Waals surface area contributed by atoms with Crippen LogP contribution in [0.15, 0.2) is 27.7 Å². The average Bonchev–Trinajstić information content (AvgIpc) is 3.17. The summed E-state index contributed by atoms with van der Waals surface area (Å²) in [6.45, 7) is 5.06. The number of hydrogen-bond acceptors (Lipinski definition) is 5. The number of halogens is 1. The fraction of sp³-hybridized carbons (Fsp3) is 0.625. The first-order valence-electron chi connectivity index (χ1n) is 11.5. The lowest BCUT2D eigenvalue weighted by molar-refractivity contribution is -0.126. The maximum atomic E-state index is 13.4. The van der Waals surface area contributed by atoms with Gasteiger partial charge < -0.3 is 9.42 Å². The Labute approximate surface area is 176 Å². The molecule has 0 radical (unpaired) electrons. The molecule has 0 spiro atoms. The van der Waals surface area contributed by atoms with Gasteiger partial charge in [-0.1, -0.05) is 11.6 Å². The molecule has 6 heteroatoms. The summed E-state index contributed by atoms with van der Waals surface area (Å²) < 4.78 is 18.7. The first-order valence-corrected chi connectivity index (χ1v) is 11.5. The van der Waals surface area contributed by atoms with Crippen LogP contribution in [0, 0.1) is 17.7 Å². The van der Waals surface area contributed by atoms with E-state index in [1.54, 1.807) is 6.07 Å². The van der Waals surface area contributed by atoms with E-state index in [0.29, 0.717) is 17.3 Å². The summed E-state index contributed by atoms with van der Waals surface area (Å²) in [5, 5.41) is 5.17. The number of carbonyl (C=O) groups is 1. The predicted octanol–water partition coefficient (Wildman–Crippen LogP) is 4.76. The van der Waals surface area contributed by atoms with Crippen LogP contribution in [0.2, 0.25) is 0 Å². The standard InChI is InChI=1S/C24H30FN3O2/c1-15-18(24(29)19-4-2-3-5-21(19)26-15)10-13-28-11-8-16(9-12-28)23-20-7-6-17(25)14-22(20)30-27-23/h6-7,14-16,18-19H,2-5,8-13H2,1H3. The van der Waals surface area contributed by atoms with Gasteiger partial charge in [0.05, 0.1) is 17.7 Å². The Kier molecular flexibility index (Phi) is 5.44. The van der Waals surface area contributed by atoms with Crippen molar-refractivity contribution in [2.24, 2.45) is 16.8 Å². The minimum Gasteiger partial charge on any atom is -0.356 e. The SMILES string of the molecule is CC1N=C2CCCCC2C(=O)C1CCN1CCC(c2noc3cc(F)ccc23)CC1. The topological polar surface area (TPSA) is 58.7 Å². The zero-order chi connectivity index (χ0) is 20.7. The lowest BCUT2D eigenvalue weighted by Gasteiger charge is -2.36. The van der Waals surface area contributed by atoms with E-state index < -0.39 is 0 Å². The van der Waals surface area contributed by atoms with Crippen LogP contribution >= 0.6 is 0 Å². The second-order valence-electron chi connectivity index (χ2n) is 9.28. The monoisotopic (exact) mass is 411 g/mol. The van der Waals surface area contributed by atoms with Gasteiger partial charge in [0.1, 0.15) is 11.6 Å². The molecule has 2 fully saturated rings. The molecule has 1 aromatic heterocycles. The predicted molar refractivity (Wildman–Crippen MR) is 114 cm³/mol. The third kappa shape index (κ3) is 3.70. The largest absolute Gasteiger partial charge is 0.356 e. The minimum absolute atomic E-state index is 0.0731. The van der Waals surface area contributed by atoms with Gasteiger partial charge in [0, 0.05) is 29.0 Å². The van der Waals surface area contributed by atoms with Gasteiger partial charge in [-0.3, -0.25) is 9.79 Å². The van der Waals surface area contributed by atoms with Crippen molar-refractivity contribution in [3.63, 3.8) is 0 Å². The summed E-state index contributed by atoms with van der Waals surface area (Å²) in [4.78, 5) is 20.4. The van der Waals surface area contributed by atoms with E-state index in [2.05, 4.69) is 17.0 Å². The highest BCUT2D eigenvalue weighted by atomic mass is 19.1. The van der Waals surface area contributed by atoms with E-state index in [4.69, 9.17) is 9.52 Å². The number of rotatable bonds is 4. The molecule has 5 rings (SSSR count). The van der Waals surface area contributed by atoms with Gasteiger partial charge in [0.2, 0.25) is 0 Å². The quantitative estimate of drug-likeness (QED) is 0.728. The van der Waals surface area contributed by atoms with Crippen LogP contribution in [0.3, 0.4) is 0 Å². The fourth-order valence-electron chi connectivity index (χ4n) is 5.66.